The van der Waals surface area contributed by atoms with E-state index in [9.17, 15) is 4.79 Å². The molecule has 162 valence electrons. The molecule has 2 rings (SSSR count). The number of rotatable bonds is 15. The maximum atomic E-state index is 12.3. The smallest absolute Gasteiger partial charge is 0.343 e. The summed E-state index contributed by atoms with van der Waals surface area (Å²) in [7, 11) is 0. The molecule has 0 bridgehead atoms. The second-order valence-electron chi connectivity index (χ2n) is 7.28. The van der Waals surface area contributed by atoms with Gasteiger partial charge in [0.25, 0.3) is 0 Å². The number of unbranched alkanes of at least 4 members (excludes halogenated alkanes) is 6. The maximum Gasteiger partial charge on any atom is 0.343 e. The molecule has 0 saturated heterocycles. The van der Waals surface area contributed by atoms with Gasteiger partial charge in [-0.05, 0) is 74.2 Å². The van der Waals surface area contributed by atoms with Crippen LogP contribution in [0.2, 0.25) is 0 Å². The first kappa shape index (κ1) is 23.5. The Hall–Kier alpha value is -2.75. The second kappa shape index (κ2) is 14.3. The Morgan fingerprint density at radius 1 is 0.767 bits per heavy atom. The Labute approximate surface area is 180 Å². The number of carbonyl (C=O) groups excluding carboxylic acids is 1. The van der Waals surface area contributed by atoms with E-state index < -0.39 is 5.97 Å². The van der Waals surface area contributed by atoms with Crippen molar-refractivity contribution >= 4 is 5.97 Å². The third-order valence-corrected chi connectivity index (χ3v) is 4.71. The summed E-state index contributed by atoms with van der Waals surface area (Å²) in [5.41, 5.74) is 0.487. The highest BCUT2D eigenvalue weighted by molar-refractivity contribution is 5.91. The Morgan fingerprint density at radius 3 is 1.90 bits per heavy atom. The van der Waals surface area contributed by atoms with Gasteiger partial charge in [-0.15, -0.1) is 6.58 Å². The topological polar surface area (TPSA) is 44.8 Å². The zero-order valence-electron chi connectivity index (χ0n) is 18.1. The van der Waals surface area contributed by atoms with Crippen molar-refractivity contribution in [2.45, 2.75) is 58.3 Å². The predicted molar refractivity (Wildman–Crippen MR) is 122 cm³/mol. The minimum absolute atomic E-state index is 0.392. The monoisotopic (exact) mass is 410 g/mol. The Bertz CT molecular complexity index is 735. The van der Waals surface area contributed by atoms with Crippen molar-refractivity contribution in [2.24, 2.45) is 0 Å². The molecule has 0 aliphatic heterocycles. The molecule has 0 unspecified atom stereocenters. The lowest BCUT2D eigenvalue weighted by atomic mass is 10.2. The number of esters is 1. The zero-order chi connectivity index (χ0) is 21.4. The SMILES string of the molecule is C=CCCCCOc1ccc(C(=O)Oc2ccc(OCCCCCCC)cc2)cc1. The quantitative estimate of drug-likeness (QED) is 0.137. The largest absolute Gasteiger partial charge is 0.494 e. The summed E-state index contributed by atoms with van der Waals surface area (Å²) in [5, 5.41) is 0. The van der Waals surface area contributed by atoms with Crippen molar-refractivity contribution in [3.8, 4) is 17.2 Å². The molecule has 0 atom stereocenters. The number of benzene rings is 2. The molecular weight excluding hydrogens is 376 g/mol. The van der Waals surface area contributed by atoms with Crippen LogP contribution in [0.3, 0.4) is 0 Å². The van der Waals surface area contributed by atoms with Gasteiger partial charge in [-0.25, -0.2) is 4.79 Å². The first-order chi connectivity index (χ1) is 14.7. The normalized spacial score (nSPS) is 10.4. The summed E-state index contributed by atoms with van der Waals surface area (Å²) in [6, 6.07) is 14.2. The lowest BCUT2D eigenvalue weighted by Crippen LogP contribution is -2.08. The van der Waals surface area contributed by atoms with Gasteiger partial charge in [0.05, 0.1) is 18.8 Å². The standard InChI is InChI=1S/C26H34O4/c1-3-5-7-9-11-21-29-24-16-18-25(19-17-24)30-26(27)22-12-14-23(15-13-22)28-20-10-8-6-4-2/h4,12-19H,2-3,5-11,20-21H2,1H3. The molecule has 0 amide bonds. The minimum atomic E-state index is -0.392. The van der Waals surface area contributed by atoms with Crippen LogP contribution in [0, 0.1) is 0 Å². The molecule has 0 fully saturated rings. The van der Waals surface area contributed by atoms with Crippen molar-refractivity contribution in [3.63, 3.8) is 0 Å². The Morgan fingerprint density at radius 2 is 1.30 bits per heavy atom. The molecule has 2 aromatic carbocycles. The van der Waals surface area contributed by atoms with Gasteiger partial charge in [-0.3, -0.25) is 0 Å². The average Bonchev–Trinajstić information content (AvgIpc) is 2.77. The minimum Gasteiger partial charge on any atom is -0.494 e. The highest BCUT2D eigenvalue weighted by atomic mass is 16.5. The van der Waals surface area contributed by atoms with Crippen LogP contribution in [-0.4, -0.2) is 19.2 Å². The van der Waals surface area contributed by atoms with E-state index in [1.807, 2.05) is 18.2 Å². The maximum absolute atomic E-state index is 12.3. The number of hydrogen-bond acceptors (Lipinski definition) is 4. The third kappa shape index (κ3) is 9.17. The van der Waals surface area contributed by atoms with Gasteiger partial charge in [0.15, 0.2) is 0 Å². The van der Waals surface area contributed by atoms with Gasteiger partial charge >= 0.3 is 5.97 Å². The molecule has 0 aliphatic carbocycles. The van der Waals surface area contributed by atoms with Crippen LogP contribution in [0.5, 0.6) is 17.2 Å². The van der Waals surface area contributed by atoms with E-state index in [1.165, 1.54) is 25.7 Å². The van der Waals surface area contributed by atoms with Gasteiger partial charge in [-0.1, -0.05) is 38.7 Å². The lowest BCUT2D eigenvalue weighted by Gasteiger charge is -2.09. The lowest BCUT2D eigenvalue weighted by molar-refractivity contribution is 0.0734. The summed E-state index contributed by atoms with van der Waals surface area (Å²) in [6.07, 6.45) is 11.0. The number of allylic oxidation sites excluding steroid dienone is 1. The summed E-state index contributed by atoms with van der Waals surface area (Å²) < 4.78 is 16.9. The van der Waals surface area contributed by atoms with Crippen LogP contribution < -0.4 is 14.2 Å². The number of hydrogen-bond donors (Lipinski definition) is 0. The Kier molecular flexibility index (Phi) is 11.2. The molecule has 2 aromatic rings. The van der Waals surface area contributed by atoms with Crippen molar-refractivity contribution in [1.82, 2.24) is 0 Å². The van der Waals surface area contributed by atoms with E-state index in [0.717, 1.165) is 37.2 Å². The number of ether oxygens (including phenoxy) is 3. The van der Waals surface area contributed by atoms with E-state index in [1.54, 1.807) is 36.4 Å². The summed E-state index contributed by atoms with van der Waals surface area (Å²) in [4.78, 5) is 12.3. The molecule has 0 radical (unpaired) electrons. The highest BCUT2D eigenvalue weighted by Gasteiger charge is 2.09. The predicted octanol–water partition coefficient (Wildman–Crippen LogP) is 6.99. The fourth-order valence-corrected chi connectivity index (χ4v) is 2.93. The van der Waals surface area contributed by atoms with Crippen LogP contribution in [0.1, 0.15) is 68.6 Å². The highest BCUT2D eigenvalue weighted by Crippen LogP contribution is 2.20. The van der Waals surface area contributed by atoms with Crippen LogP contribution in [-0.2, 0) is 0 Å². The average molecular weight is 411 g/mol. The summed E-state index contributed by atoms with van der Waals surface area (Å²) in [5.74, 6) is 1.65. The van der Waals surface area contributed by atoms with E-state index >= 15 is 0 Å². The molecule has 0 saturated carbocycles. The molecule has 4 nitrogen and oxygen atoms in total. The molecule has 0 heterocycles. The Balaban J connectivity index is 1.72. The van der Waals surface area contributed by atoms with Crippen molar-refractivity contribution < 1.29 is 19.0 Å². The van der Waals surface area contributed by atoms with Gasteiger partial charge in [0.1, 0.15) is 17.2 Å². The van der Waals surface area contributed by atoms with E-state index in [0.29, 0.717) is 24.5 Å². The summed E-state index contributed by atoms with van der Waals surface area (Å²) >= 11 is 0. The summed E-state index contributed by atoms with van der Waals surface area (Å²) in [6.45, 7) is 7.29. The van der Waals surface area contributed by atoms with Gasteiger partial charge in [0.2, 0.25) is 0 Å². The first-order valence-electron chi connectivity index (χ1n) is 11.0. The molecule has 0 spiro atoms. The van der Waals surface area contributed by atoms with Gasteiger partial charge in [-0.2, -0.15) is 0 Å². The van der Waals surface area contributed by atoms with Crippen LogP contribution in [0.15, 0.2) is 61.2 Å². The molecule has 4 heteroatoms. The molecule has 0 aromatic heterocycles. The molecule has 0 aliphatic rings. The van der Waals surface area contributed by atoms with Crippen LogP contribution in [0.25, 0.3) is 0 Å². The molecular formula is C26H34O4. The van der Waals surface area contributed by atoms with E-state index in [-0.39, 0.29) is 0 Å². The van der Waals surface area contributed by atoms with E-state index in [4.69, 9.17) is 14.2 Å². The third-order valence-electron chi connectivity index (χ3n) is 4.71. The number of carbonyl (C=O) groups is 1. The second-order valence-corrected chi connectivity index (χ2v) is 7.28. The fraction of sp³-hybridized carbons (Fsp3) is 0.423. The van der Waals surface area contributed by atoms with Crippen molar-refractivity contribution in [2.75, 3.05) is 13.2 Å². The molecule has 0 N–H and O–H groups in total. The van der Waals surface area contributed by atoms with Crippen molar-refractivity contribution in [1.29, 1.82) is 0 Å². The van der Waals surface area contributed by atoms with Crippen LogP contribution in [0.4, 0.5) is 0 Å². The first-order valence-corrected chi connectivity index (χ1v) is 11.0. The van der Waals surface area contributed by atoms with Gasteiger partial charge < -0.3 is 14.2 Å². The van der Waals surface area contributed by atoms with Gasteiger partial charge in [0, 0.05) is 0 Å². The van der Waals surface area contributed by atoms with Crippen molar-refractivity contribution in [3.05, 3.63) is 66.7 Å². The zero-order valence-corrected chi connectivity index (χ0v) is 18.1. The molecule has 30 heavy (non-hydrogen) atoms. The van der Waals surface area contributed by atoms with Crippen LogP contribution >= 0.6 is 0 Å². The fourth-order valence-electron chi connectivity index (χ4n) is 2.93. The van der Waals surface area contributed by atoms with E-state index in [2.05, 4.69) is 13.5 Å².